The van der Waals surface area contributed by atoms with E-state index in [2.05, 4.69) is 16.0 Å². The Kier molecular flexibility index (Phi) is 7.04. The number of hydrogen-bond donors (Lipinski definition) is 5. The smallest absolute Gasteiger partial charge is 0.332 e. The van der Waals surface area contributed by atoms with Crippen molar-refractivity contribution in [3.05, 3.63) is 84.4 Å². The molecule has 5 N–H and O–H groups in total. The van der Waals surface area contributed by atoms with E-state index in [9.17, 15) is 40.0 Å². The van der Waals surface area contributed by atoms with E-state index in [1.165, 1.54) is 60.7 Å². The summed E-state index contributed by atoms with van der Waals surface area (Å²) in [6, 6.07) is 15.8. The molecule has 4 rings (SSSR count). The molecule has 0 aliphatic carbocycles. The lowest BCUT2D eigenvalue weighted by molar-refractivity contribution is 0.102. The third-order valence-electron chi connectivity index (χ3n) is 5.28. The van der Waals surface area contributed by atoms with Crippen LogP contribution in [0.1, 0.15) is 10.4 Å². The summed E-state index contributed by atoms with van der Waals surface area (Å²) in [5, 5.41) is 17.8. The number of amides is 3. The molecule has 0 radical (unpaired) electrons. The lowest BCUT2D eigenvalue weighted by Crippen LogP contribution is -2.20. The molecule has 0 atom stereocenters. The maximum absolute atomic E-state index is 13.0. The first-order valence-electron chi connectivity index (χ1n) is 10.6. The number of halogens is 1. The first-order chi connectivity index (χ1) is 17.8. The molecule has 0 aliphatic heterocycles. The lowest BCUT2D eigenvalue weighted by Gasteiger charge is -2.13. The third-order valence-corrected chi connectivity index (χ3v) is 7.03. The number of carbonyl (C=O) groups is 2. The van der Waals surface area contributed by atoms with Crippen molar-refractivity contribution in [1.82, 2.24) is 0 Å². The maximum atomic E-state index is 13.0. The minimum atomic E-state index is -4.87. The lowest BCUT2D eigenvalue weighted by atomic mass is 10.1. The quantitative estimate of drug-likeness (QED) is 0.171. The molecule has 0 heterocycles. The fourth-order valence-corrected chi connectivity index (χ4v) is 4.77. The number of urea groups is 1. The zero-order chi connectivity index (χ0) is 27.7. The number of phenolic OH excluding ortho intramolecular Hbond substituents is 1. The van der Waals surface area contributed by atoms with E-state index >= 15 is 0 Å². The monoisotopic (exact) mass is 559 g/mol. The van der Waals surface area contributed by atoms with E-state index < -0.39 is 42.1 Å². The van der Waals surface area contributed by atoms with Crippen molar-refractivity contribution in [2.75, 3.05) is 16.0 Å². The molecule has 0 bridgehead atoms. The molecule has 0 spiro atoms. The van der Waals surface area contributed by atoms with Gasteiger partial charge in [-0.05, 0) is 60.7 Å². The Balaban J connectivity index is 1.52. The number of nitrogens with one attached hydrogen (secondary N) is 3. The SMILES string of the molecule is O=C(Nc1ccc(S(=O)(=O)F)cc1)Nc1cccc(C(=O)Nc2ccc(S(=O)(=O)O)c3cccc(O)c23)c1. The molecule has 0 aromatic heterocycles. The van der Waals surface area contributed by atoms with Gasteiger partial charge in [0.05, 0.1) is 10.6 Å². The van der Waals surface area contributed by atoms with Crippen molar-refractivity contribution < 1.29 is 40.0 Å². The zero-order valence-electron chi connectivity index (χ0n) is 19.0. The van der Waals surface area contributed by atoms with Crippen LogP contribution in [-0.4, -0.2) is 38.4 Å². The molecule has 0 fully saturated rings. The molecule has 4 aromatic rings. The van der Waals surface area contributed by atoms with Gasteiger partial charge in [-0.1, -0.05) is 18.2 Å². The predicted molar refractivity (Wildman–Crippen MR) is 137 cm³/mol. The molecule has 0 saturated heterocycles. The summed E-state index contributed by atoms with van der Waals surface area (Å²) in [6.07, 6.45) is 0. The van der Waals surface area contributed by atoms with Gasteiger partial charge in [0.15, 0.2) is 0 Å². The number of benzene rings is 4. The van der Waals surface area contributed by atoms with Gasteiger partial charge in [0.25, 0.3) is 16.0 Å². The van der Waals surface area contributed by atoms with Crippen LogP contribution in [0.5, 0.6) is 5.75 Å². The van der Waals surface area contributed by atoms with Crippen LogP contribution in [0.15, 0.2) is 88.7 Å². The summed E-state index contributed by atoms with van der Waals surface area (Å²) < 4.78 is 67.7. The van der Waals surface area contributed by atoms with Gasteiger partial charge in [0.2, 0.25) is 0 Å². The summed E-state index contributed by atoms with van der Waals surface area (Å²) in [5.41, 5.74) is 0.574. The van der Waals surface area contributed by atoms with Crippen molar-refractivity contribution in [2.45, 2.75) is 9.79 Å². The summed E-state index contributed by atoms with van der Waals surface area (Å²) in [6.45, 7) is 0. The minimum Gasteiger partial charge on any atom is -0.507 e. The predicted octanol–water partition coefficient (Wildman–Crippen LogP) is 4.35. The van der Waals surface area contributed by atoms with Crippen molar-refractivity contribution >= 4 is 60.1 Å². The first-order valence-corrected chi connectivity index (χ1v) is 13.4. The van der Waals surface area contributed by atoms with Crippen LogP contribution < -0.4 is 16.0 Å². The summed E-state index contributed by atoms with van der Waals surface area (Å²) in [7, 11) is -9.48. The number of carbonyl (C=O) groups excluding carboxylic acids is 2. The Morgan fingerprint density at radius 1 is 0.763 bits per heavy atom. The second kappa shape index (κ2) is 10.1. The molecule has 38 heavy (non-hydrogen) atoms. The van der Waals surface area contributed by atoms with Gasteiger partial charge in [-0.25, -0.2) is 4.79 Å². The molecule has 0 aliphatic rings. The normalized spacial score (nSPS) is 11.6. The van der Waals surface area contributed by atoms with Crippen LogP contribution in [-0.2, 0) is 20.3 Å². The van der Waals surface area contributed by atoms with Gasteiger partial charge >= 0.3 is 16.3 Å². The molecular weight excluding hydrogens is 541 g/mol. The molecule has 0 saturated carbocycles. The summed E-state index contributed by atoms with van der Waals surface area (Å²) in [4.78, 5) is 24.2. The van der Waals surface area contributed by atoms with Gasteiger partial charge in [-0.2, -0.15) is 16.8 Å². The van der Waals surface area contributed by atoms with Crippen LogP contribution in [0, 0.1) is 0 Å². The fraction of sp³-hybridized carbons (Fsp3) is 0. The highest BCUT2D eigenvalue weighted by Gasteiger charge is 2.19. The molecule has 14 heteroatoms. The van der Waals surface area contributed by atoms with E-state index in [0.717, 1.165) is 18.2 Å². The second-order valence-electron chi connectivity index (χ2n) is 7.86. The van der Waals surface area contributed by atoms with E-state index in [1.807, 2.05) is 0 Å². The van der Waals surface area contributed by atoms with Crippen LogP contribution in [0.2, 0.25) is 0 Å². The van der Waals surface area contributed by atoms with E-state index in [1.54, 1.807) is 0 Å². The second-order valence-corrected chi connectivity index (χ2v) is 10.6. The standard InChI is InChI=1S/C24H18FN3O8S2/c25-37(32,33)17-9-7-15(8-10-17)26-24(31)27-16-4-1-3-14(13-16)23(30)28-19-11-12-21(38(34,35)36)18-5-2-6-20(29)22(18)19/h1-13,29H,(H,28,30)(H2,26,27,31)(H,34,35,36). The van der Waals surface area contributed by atoms with Gasteiger partial charge in [-0.3, -0.25) is 9.35 Å². The van der Waals surface area contributed by atoms with Crippen LogP contribution >= 0.6 is 0 Å². The highest BCUT2D eigenvalue weighted by Crippen LogP contribution is 2.36. The number of aromatic hydroxyl groups is 1. The largest absolute Gasteiger partial charge is 0.507 e. The Labute approximate surface area is 215 Å². The van der Waals surface area contributed by atoms with Crippen molar-refractivity contribution in [3.63, 3.8) is 0 Å². The van der Waals surface area contributed by atoms with E-state index in [4.69, 9.17) is 0 Å². The highest BCUT2D eigenvalue weighted by molar-refractivity contribution is 7.86. The van der Waals surface area contributed by atoms with Crippen molar-refractivity contribution in [1.29, 1.82) is 0 Å². The molecule has 4 aromatic carbocycles. The fourth-order valence-electron chi connectivity index (χ4n) is 3.62. The van der Waals surface area contributed by atoms with Gasteiger partial charge in [-0.15, -0.1) is 3.89 Å². The molecule has 3 amide bonds. The molecule has 0 unspecified atom stereocenters. The van der Waals surface area contributed by atoms with Crippen LogP contribution in [0.3, 0.4) is 0 Å². The molecular formula is C24H18FN3O8S2. The van der Waals surface area contributed by atoms with E-state index in [-0.39, 0.29) is 39.1 Å². The molecule has 11 nitrogen and oxygen atoms in total. The average molecular weight is 560 g/mol. The number of hydrogen-bond acceptors (Lipinski definition) is 7. The van der Waals surface area contributed by atoms with Gasteiger partial charge in [0.1, 0.15) is 10.6 Å². The zero-order valence-corrected chi connectivity index (χ0v) is 20.7. The Morgan fingerprint density at radius 2 is 1.42 bits per heavy atom. The van der Waals surface area contributed by atoms with Crippen molar-refractivity contribution in [3.8, 4) is 5.75 Å². The Hall–Kier alpha value is -4.53. The van der Waals surface area contributed by atoms with Crippen molar-refractivity contribution in [2.24, 2.45) is 0 Å². The van der Waals surface area contributed by atoms with Gasteiger partial charge in [0, 0.05) is 27.7 Å². The maximum Gasteiger partial charge on any atom is 0.332 e. The minimum absolute atomic E-state index is 0.00351. The summed E-state index contributed by atoms with van der Waals surface area (Å²) >= 11 is 0. The Morgan fingerprint density at radius 3 is 2.08 bits per heavy atom. The molecule has 196 valence electrons. The number of anilines is 3. The highest BCUT2D eigenvalue weighted by atomic mass is 32.3. The average Bonchev–Trinajstić information content (AvgIpc) is 2.83. The van der Waals surface area contributed by atoms with Crippen LogP contribution in [0.25, 0.3) is 10.8 Å². The number of rotatable bonds is 6. The Bertz CT molecular complexity index is 1790. The number of fused-ring (bicyclic) bond motifs is 1. The summed E-state index contributed by atoms with van der Waals surface area (Å²) in [5.74, 6) is -0.978. The number of phenols is 1. The van der Waals surface area contributed by atoms with Gasteiger partial charge < -0.3 is 21.1 Å². The first kappa shape index (κ1) is 26.5. The topological polar surface area (TPSA) is 179 Å². The third kappa shape index (κ3) is 5.88. The van der Waals surface area contributed by atoms with Crippen LogP contribution in [0.4, 0.5) is 25.7 Å². The van der Waals surface area contributed by atoms with E-state index in [0.29, 0.717) is 0 Å².